The number of esters is 2. The Hall–Kier alpha value is -5.13. The fourth-order valence-electron chi connectivity index (χ4n) is 6.26. The molecule has 2 N–H and O–H groups in total. The molecule has 5 rings (SSSR count). The van der Waals surface area contributed by atoms with Gasteiger partial charge in [-0.3, -0.25) is 14.5 Å². The summed E-state index contributed by atoms with van der Waals surface area (Å²) in [6, 6.07) is 16.4. The van der Waals surface area contributed by atoms with Crippen molar-refractivity contribution in [3.63, 3.8) is 0 Å². The predicted molar refractivity (Wildman–Crippen MR) is 163 cm³/mol. The van der Waals surface area contributed by atoms with Gasteiger partial charge in [0.25, 0.3) is 0 Å². The molecule has 8 nitrogen and oxygen atoms in total. The first-order valence-electron chi connectivity index (χ1n) is 14.9. The number of carbonyl (C=O) groups excluding carboxylic acids is 3. The van der Waals surface area contributed by atoms with E-state index in [0.717, 1.165) is 18.2 Å². The average Bonchev–Trinajstić information content (AvgIpc) is 3.04. The largest absolute Gasteiger partial charge is 0.497 e. The molecule has 246 valence electrons. The minimum Gasteiger partial charge on any atom is -0.497 e. The summed E-state index contributed by atoms with van der Waals surface area (Å²) in [7, 11) is 1.45. The molecule has 0 fully saturated rings. The fourth-order valence-corrected chi connectivity index (χ4v) is 6.26. The number of ether oxygens (including phenoxy) is 3. The number of alkyl halides is 3. The van der Waals surface area contributed by atoms with Crippen molar-refractivity contribution in [3.05, 3.63) is 118 Å². The highest BCUT2D eigenvalue weighted by Crippen LogP contribution is 2.52. The van der Waals surface area contributed by atoms with Crippen molar-refractivity contribution < 1.29 is 46.2 Å². The number of hydrogen-bond acceptors (Lipinski definition) is 8. The third-order valence-corrected chi connectivity index (χ3v) is 8.24. The number of nitrogens with two attached hydrogens (primary N) is 1. The van der Waals surface area contributed by atoms with Crippen molar-refractivity contribution in [2.45, 2.75) is 38.3 Å². The van der Waals surface area contributed by atoms with Gasteiger partial charge in [-0.25, -0.2) is 9.18 Å². The number of ketones is 1. The van der Waals surface area contributed by atoms with E-state index in [0.29, 0.717) is 11.3 Å². The molecule has 0 spiro atoms. The van der Waals surface area contributed by atoms with Crippen LogP contribution in [0, 0.1) is 11.7 Å². The Morgan fingerprint density at radius 3 is 2.32 bits per heavy atom. The van der Waals surface area contributed by atoms with Gasteiger partial charge in [-0.15, -0.1) is 0 Å². The molecular formula is C35H32F4N2O6. The number of rotatable bonds is 8. The van der Waals surface area contributed by atoms with E-state index in [1.807, 2.05) is 0 Å². The van der Waals surface area contributed by atoms with E-state index in [4.69, 9.17) is 19.9 Å². The molecule has 0 bridgehead atoms. The van der Waals surface area contributed by atoms with Crippen LogP contribution in [0.4, 0.5) is 23.2 Å². The van der Waals surface area contributed by atoms with Gasteiger partial charge in [0, 0.05) is 28.4 Å². The van der Waals surface area contributed by atoms with Gasteiger partial charge in [0.2, 0.25) is 0 Å². The van der Waals surface area contributed by atoms with Crippen LogP contribution in [-0.2, 0) is 30.0 Å². The van der Waals surface area contributed by atoms with Gasteiger partial charge < -0.3 is 19.9 Å². The highest BCUT2D eigenvalue weighted by atomic mass is 19.4. The van der Waals surface area contributed by atoms with E-state index in [9.17, 15) is 27.6 Å². The zero-order valence-electron chi connectivity index (χ0n) is 25.8. The molecule has 3 aromatic carbocycles. The Kier molecular flexibility index (Phi) is 9.41. The van der Waals surface area contributed by atoms with Gasteiger partial charge in [0.1, 0.15) is 23.3 Å². The van der Waals surface area contributed by atoms with E-state index in [-0.39, 0.29) is 53.5 Å². The summed E-state index contributed by atoms with van der Waals surface area (Å²) >= 11 is 0. The molecular weight excluding hydrogens is 620 g/mol. The first-order chi connectivity index (χ1) is 22.4. The van der Waals surface area contributed by atoms with Crippen molar-refractivity contribution in [1.82, 2.24) is 0 Å². The Bertz CT molecular complexity index is 1780. The summed E-state index contributed by atoms with van der Waals surface area (Å²) in [5.41, 5.74) is 5.54. The standard InChI is InChI=1S/C35H32F4N2O6/c1-4-46-33(43)28-24(19-10-8-13-22(16-19)45-3)18-26-29(31(28)42)27(23-14-6-7-15-25(23)36)30(34(44)47-5-2)32(40)41(26)21-12-9-11-20(17-21)35(37,38)39/h6-17,24,27-28H,4-5,18,40H2,1-3H3/t24-,27-,28-/m0/s1. The Balaban J connectivity index is 1.86. The SMILES string of the molecule is CCOC(=O)C1=C(N)N(c2cccc(C(F)(F)F)c2)C2=C(C(=O)[C@@H](C(=O)OCC)[C@H](c3cccc(OC)c3)C2)[C@@H]1c1ccccc1F. The molecule has 3 aromatic rings. The first-order valence-corrected chi connectivity index (χ1v) is 14.9. The molecule has 0 aromatic heterocycles. The quantitative estimate of drug-likeness (QED) is 0.170. The fraction of sp³-hybridized carbons (Fsp3) is 0.286. The van der Waals surface area contributed by atoms with E-state index >= 15 is 4.39 Å². The normalized spacial score (nSPS) is 19.8. The van der Waals surface area contributed by atoms with Crippen molar-refractivity contribution >= 4 is 23.4 Å². The summed E-state index contributed by atoms with van der Waals surface area (Å²) < 4.78 is 73.4. The zero-order valence-corrected chi connectivity index (χ0v) is 25.8. The molecule has 0 saturated heterocycles. The summed E-state index contributed by atoms with van der Waals surface area (Å²) in [5, 5.41) is 0. The summed E-state index contributed by atoms with van der Waals surface area (Å²) in [6.07, 6.45) is -4.86. The molecule has 1 aliphatic heterocycles. The van der Waals surface area contributed by atoms with Crippen LogP contribution in [0.1, 0.15) is 48.8 Å². The summed E-state index contributed by atoms with van der Waals surface area (Å²) in [5.74, 6) is -7.15. The number of benzene rings is 3. The predicted octanol–water partition coefficient (Wildman–Crippen LogP) is 6.38. The van der Waals surface area contributed by atoms with Crippen LogP contribution < -0.4 is 15.4 Å². The number of halogens is 4. The van der Waals surface area contributed by atoms with Gasteiger partial charge in [-0.1, -0.05) is 36.4 Å². The topological polar surface area (TPSA) is 108 Å². The lowest BCUT2D eigenvalue weighted by molar-refractivity contribution is -0.152. The van der Waals surface area contributed by atoms with Crippen LogP contribution in [0.2, 0.25) is 0 Å². The molecule has 0 amide bonds. The summed E-state index contributed by atoms with van der Waals surface area (Å²) in [6.45, 7) is 2.95. The molecule has 1 heterocycles. The van der Waals surface area contributed by atoms with Gasteiger partial charge in [-0.2, -0.15) is 13.2 Å². The number of methoxy groups -OCH3 is 1. The van der Waals surface area contributed by atoms with Gasteiger partial charge in [0.15, 0.2) is 5.78 Å². The zero-order chi connectivity index (χ0) is 34.0. The third kappa shape index (κ3) is 6.19. The lowest BCUT2D eigenvalue weighted by Crippen LogP contribution is -2.46. The number of Topliss-reactive ketones (excluding diaryl/α,β-unsaturated/α-hetero) is 1. The lowest BCUT2D eigenvalue weighted by Gasteiger charge is -2.44. The molecule has 0 unspecified atom stereocenters. The first kappa shape index (κ1) is 33.2. The lowest BCUT2D eigenvalue weighted by atomic mass is 9.66. The highest BCUT2D eigenvalue weighted by molar-refractivity contribution is 6.14. The second-order valence-corrected chi connectivity index (χ2v) is 10.9. The van der Waals surface area contributed by atoms with Crippen molar-refractivity contribution in [2.24, 2.45) is 11.7 Å². The third-order valence-electron chi connectivity index (χ3n) is 8.24. The number of hydrogen-bond donors (Lipinski definition) is 1. The molecule has 0 saturated carbocycles. The van der Waals surface area contributed by atoms with Crippen LogP contribution in [-0.4, -0.2) is 38.0 Å². The van der Waals surface area contributed by atoms with Gasteiger partial charge in [-0.05, 0) is 62.2 Å². The van der Waals surface area contributed by atoms with Gasteiger partial charge >= 0.3 is 18.1 Å². The molecule has 47 heavy (non-hydrogen) atoms. The van der Waals surface area contributed by atoms with Crippen molar-refractivity contribution in [3.8, 4) is 5.75 Å². The minimum absolute atomic E-state index is 0.0482. The van der Waals surface area contributed by atoms with Crippen LogP contribution in [0.5, 0.6) is 5.75 Å². The van der Waals surface area contributed by atoms with Crippen LogP contribution in [0.3, 0.4) is 0 Å². The van der Waals surface area contributed by atoms with Crippen molar-refractivity contribution in [1.29, 1.82) is 0 Å². The van der Waals surface area contributed by atoms with E-state index in [1.165, 1.54) is 49.3 Å². The monoisotopic (exact) mass is 652 g/mol. The minimum atomic E-state index is -4.73. The summed E-state index contributed by atoms with van der Waals surface area (Å²) in [4.78, 5) is 43.2. The average molecular weight is 653 g/mol. The van der Waals surface area contributed by atoms with Crippen LogP contribution in [0.25, 0.3) is 0 Å². The number of carbonyl (C=O) groups is 3. The maximum Gasteiger partial charge on any atom is 0.416 e. The van der Waals surface area contributed by atoms with Crippen LogP contribution in [0.15, 0.2) is 95.5 Å². The second kappa shape index (κ2) is 13.3. The second-order valence-electron chi connectivity index (χ2n) is 10.9. The smallest absolute Gasteiger partial charge is 0.416 e. The highest BCUT2D eigenvalue weighted by Gasteiger charge is 2.52. The Morgan fingerprint density at radius 2 is 1.66 bits per heavy atom. The molecule has 3 atom stereocenters. The molecule has 12 heteroatoms. The Labute approximate surface area is 268 Å². The number of allylic oxidation sites excluding steroid dienone is 2. The molecule has 2 aliphatic rings. The molecule has 1 aliphatic carbocycles. The van der Waals surface area contributed by atoms with Gasteiger partial charge in [0.05, 0.1) is 37.4 Å². The van der Waals surface area contributed by atoms with E-state index < -0.39 is 53.0 Å². The Morgan fingerprint density at radius 1 is 0.957 bits per heavy atom. The maximum absolute atomic E-state index is 15.6. The van der Waals surface area contributed by atoms with E-state index in [1.54, 1.807) is 31.2 Å². The number of anilines is 1. The van der Waals surface area contributed by atoms with E-state index in [2.05, 4.69) is 0 Å². The molecule has 0 radical (unpaired) electrons. The number of nitrogens with zero attached hydrogens (tertiary/aromatic N) is 1. The van der Waals surface area contributed by atoms with Crippen LogP contribution >= 0.6 is 0 Å². The van der Waals surface area contributed by atoms with Crippen molar-refractivity contribution in [2.75, 3.05) is 25.2 Å². The maximum atomic E-state index is 15.6.